The summed E-state index contributed by atoms with van der Waals surface area (Å²) in [5.41, 5.74) is 1.59. The number of carbonyl (C=O) groups is 2. The smallest absolute Gasteiger partial charge is 0.330 e. The molecule has 0 saturated carbocycles. The normalized spacial score (nSPS) is 14.2. The topological polar surface area (TPSA) is 138 Å². The molecule has 0 radical (unpaired) electrons. The lowest BCUT2D eigenvalue weighted by Crippen LogP contribution is -2.41. The highest BCUT2D eigenvalue weighted by Gasteiger charge is 2.18. The molecule has 10 nitrogen and oxygen atoms in total. The molecule has 2 amide bonds. The fourth-order valence-corrected chi connectivity index (χ4v) is 2.31. The third-order valence-corrected chi connectivity index (χ3v) is 3.54. The molecule has 0 unspecified atom stereocenters. The van der Waals surface area contributed by atoms with Crippen molar-refractivity contribution in [1.82, 2.24) is 25.3 Å². The molecule has 124 valence electrons. The Morgan fingerprint density at radius 1 is 1.29 bits per heavy atom. The maximum Gasteiger partial charge on any atom is 0.330 e. The summed E-state index contributed by atoms with van der Waals surface area (Å²) in [4.78, 5) is 53.6. The predicted molar refractivity (Wildman–Crippen MR) is 84.4 cm³/mol. The van der Waals surface area contributed by atoms with E-state index in [4.69, 9.17) is 0 Å². The van der Waals surface area contributed by atoms with Crippen LogP contribution in [0.1, 0.15) is 12.8 Å². The Bertz CT molecular complexity index is 958. The Morgan fingerprint density at radius 2 is 2.12 bits per heavy atom. The molecular formula is C14H14N6O4. The van der Waals surface area contributed by atoms with Crippen LogP contribution in [0.25, 0.3) is 11.0 Å². The lowest BCUT2D eigenvalue weighted by atomic mass is 10.1. The largest absolute Gasteiger partial charge is 0.349 e. The summed E-state index contributed by atoms with van der Waals surface area (Å²) in [7, 11) is 0. The number of aromatic nitrogens is 3. The molecule has 2 aromatic heterocycles. The Kier molecular flexibility index (Phi) is 4.18. The summed E-state index contributed by atoms with van der Waals surface area (Å²) in [6, 6.07) is 3.17. The van der Waals surface area contributed by atoms with Crippen LogP contribution in [-0.2, 0) is 16.1 Å². The van der Waals surface area contributed by atoms with Crippen molar-refractivity contribution in [3.05, 3.63) is 39.2 Å². The lowest BCUT2D eigenvalue weighted by Gasteiger charge is -2.12. The molecule has 3 rings (SSSR count). The standard InChI is InChI=1S/C14H14N6O4/c21-10-4-3-9(18-19-10)12(22)16-6-7-20-13(23)8-2-1-5-15-11(8)17-14(20)24/h1-2,5H,3-4,6-7H2,(H,16,22)(H,19,21)(H,15,17,24). The SMILES string of the molecule is O=C1CCC(C(=O)NCCn2c(=O)[nH]c3ncccc3c2=O)=NN1. The second kappa shape index (κ2) is 6.44. The van der Waals surface area contributed by atoms with Crippen molar-refractivity contribution in [2.75, 3.05) is 6.54 Å². The van der Waals surface area contributed by atoms with Crippen molar-refractivity contribution in [3.8, 4) is 0 Å². The average Bonchev–Trinajstić information content (AvgIpc) is 2.58. The number of hydrogen-bond donors (Lipinski definition) is 3. The van der Waals surface area contributed by atoms with Crippen LogP contribution in [0.3, 0.4) is 0 Å². The van der Waals surface area contributed by atoms with Crippen LogP contribution in [-0.4, -0.2) is 38.6 Å². The highest BCUT2D eigenvalue weighted by molar-refractivity contribution is 6.39. The number of hydrogen-bond acceptors (Lipinski definition) is 6. The fourth-order valence-electron chi connectivity index (χ4n) is 2.31. The minimum absolute atomic E-state index is 0.00435. The van der Waals surface area contributed by atoms with Gasteiger partial charge in [0.1, 0.15) is 11.4 Å². The van der Waals surface area contributed by atoms with Crippen molar-refractivity contribution in [1.29, 1.82) is 0 Å². The summed E-state index contributed by atoms with van der Waals surface area (Å²) < 4.78 is 0.995. The molecule has 3 N–H and O–H groups in total. The van der Waals surface area contributed by atoms with Crippen LogP contribution in [0.2, 0.25) is 0 Å². The number of aromatic amines is 1. The van der Waals surface area contributed by atoms with Crippen LogP contribution in [0.15, 0.2) is 33.0 Å². The molecule has 3 heterocycles. The Hall–Kier alpha value is -3.30. The maximum atomic E-state index is 12.3. The predicted octanol–water partition coefficient (Wildman–Crippen LogP) is -1.53. The summed E-state index contributed by atoms with van der Waals surface area (Å²) in [5.74, 6) is -0.684. The molecule has 0 fully saturated rings. The first-order chi connectivity index (χ1) is 11.6. The van der Waals surface area contributed by atoms with Crippen molar-refractivity contribution in [2.24, 2.45) is 5.10 Å². The van der Waals surface area contributed by atoms with Gasteiger partial charge in [0, 0.05) is 32.1 Å². The molecule has 0 atom stereocenters. The van der Waals surface area contributed by atoms with E-state index in [1.165, 1.54) is 6.20 Å². The second-order valence-corrected chi connectivity index (χ2v) is 5.14. The third-order valence-electron chi connectivity index (χ3n) is 3.54. The lowest BCUT2D eigenvalue weighted by molar-refractivity contribution is -0.121. The zero-order valence-electron chi connectivity index (χ0n) is 12.5. The Labute approximate surface area is 134 Å². The number of hydrazone groups is 1. The van der Waals surface area contributed by atoms with E-state index in [0.29, 0.717) is 5.39 Å². The zero-order valence-corrected chi connectivity index (χ0v) is 12.5. The first-order valence-corrected chi connectivity index (χ1v) is 7.27. The van der Waals surface area contributed by atoms with Crippen LogP contribution in [0.5, 0.6) is 0 Å². The Morgan fingerprint density at radius 3 is 2.88 bits per heavy atom. The van der Waals surface area contributed by atoms with Gasteiger partial charge in [-0.25, -0.2) is 15.2 Å². The van der Waals surface area contributed by atoms with E-state index >= 15 is 0 Å². The van der Waals surface area contributed by atoms with Gasteiger partial charge in [-0.15, -0.1) is 0 Å². The number of H-pyrrole nitrogens is 1. The van der Waals surface area contributed by atoms with Gasteiger partial charge < -0.3 is 5.32 Å². The van der Waals surface area contributed by atoms with Gasteiger partial charge in [-0.2, -0.15) is 5.10 Å². The molecule has 1 aliphatic rings. The highest BCUT2D eigenvalue weighted by Crippen LogP contribution is 2.00. The summed E-state index contributed by atoms with van der Waals surface area (Å²) >= 11 is 0. The van der Waals surface area contributed by atoms with Crippen molar-refractivity contribution in [2.45, 2.75) is 19.4 Å². The van der Waals surface area contributed by atoms with Gasteiger partial charge in [0.25, 0.3) is 11.5 Å². The molecule has 0 spiro atoms. The molecule has 1 aliphatic heterocycles. The van der Waals surface area contributed by atoms with E-state index in [1.807, 2.05) is 0 Å². The molecular weight excluding hydrogens is 316 g/mol. The monoisotopic (exact) mass is 330 g/mol. The number of rotatable bonds is 4. The van der Waals surface area contributed by atoms with E-state index in [1.54, 1.807) is 12.1 Å². The van der Waals surface area contributed by atoms with Crippen molar-refractivity contribution in [3.63, 3.8) is 0 Å². The first kappa shape index (κ1) is 15.6. The molecule has 10 heteroatoms. The molecule has 0 aliphatic carbocycles. The van der Waals surface area contributed by atoms with Gasteiger partial charge in [-0.1, -0.05) is 0 Å². The molecule has 0 saturated heterocycles. The van der Waals surface area contributed by atoms with Crippen LogP contribution < -0.4 is 22.0 Å². The summed E-state index contributed by atoms with van der Waals surface area (Å²) in [6.07, 6.45) is 1.93. The summed E-state index contributed by atoms with van der Waals surface area (Å²) in [5, 5.41) is 6.54. The van der Waals surface area contributed by atoms with Crippen LogP contribution >= 0.6 is 0 Å². The number of carbonyl (C=O) groups excluding carboxylic acids is 2. The van der Waals surface area contributed by atoms with Crippen molar-refractivity contribution >= 4 is 28.6 Å². The molecule has 2 aromatic rings. The number of fused-ring (bicyclic) bond motifs is 1. The van der Waals surface area contributed by atoms with E-state index in [-0.39, 0.29) is 43.2 Å². The van der Waals surface area contributed by atoms with E-state index in [2.05, 4.69) is 25.8 Å². The third kappa shape index (κ3) is 3.07. The fraction of sp³-hybridized carbons (Fsp3) is 0.286. The van der Waals surface area contributed by atoms with E-state index in [9.17, 15) is 19.2 Å². The van der Waals surface area contributed by atoms with Gasteiger partial charge in [0.05, 0.1) is 5.39 Å². The van der Waals surface area contributed by atoms with E-state index < -0.39 is 17.2 Å². The highest BCUT2D eigenvalue weighted by atomic mass is 16.2. The van der Waals surface area contributed by atoms with Gasteiger partial charge in [0.15, 0.2) is 0 Å². The minimum atomic E-state index is -0.595. The van der Waals surface area contributed by atoms with Crippen LogP contribution in [0.4, 0.5) is 0 Å². The van der Waals surface area contributed by atoms with Gasteiger partial charge in [-0.05, 0) is 12.1 Å². The van der Waals surface area contributed by atoms with Crippen molar-refractivity contribution < 1.29 is 9.59 Å². The number of pyridine rings is 1. The first-order valence-electron chi connectivity index (χ1n) is 7.27. The summed E-state index contributed by atoms with van der Waals surface area (Å²) in [6.45, 7) is 0.0743. The number of nitrogens with zero attached hydrogens (tertiary/aromatic N) is 3. The molecule has 24 heavy (non-hydrogen) atoms. The van der Waals surface area contributed by atoms with Gasteiger partial charge >= 0.3 is 5.69 Å². The van der Waals surface area contributed by atoms with Gasteiger partial charge in [0.2, 0.25) is 5.91 Å². The molecule has 0 bridgehead atoms. The Balaban J connectivity index is 1.70. The number of nitrogens with one attached hydrogen (secondary N) is 3. The molecule has 0 aromatic carbocycles. The quantitative estimate of drug-likeness (QED) is 0.624. The van der Waals surface area contributed by atoms with Crippen LogP contribution in [0, 0.1) is 0 Å². The average molecular weight is 330 g/mol. The maximum absolute atomic E-state index is 12.3. The second-order valence-electron chi connectivity index (χ2n) is 5.14. The zero-order chi connectivity index (χ0) is 17.1. The van der Waals surface area contributed by atoms with E-state index in [0.717, 1.165) is 4.57 Å². The van der Waals surface area contributed by atoms with Gasteiger partial charge in [-0.3, -0.25) is 23.9 Å². The minimum Gasteiger partial charge on any atom is -0.349 e. The number of amides is 2.